The number of carbonyl (C=O) groups is 1. The molecule has 1 heterocycles. The minimum atomic E-state index is -0.423. The summed E-state index contributed by atoms with van der Waals surface area (Å²) in [5.41, 5.74) is 7.70. The number of rotatable bonds is 8. The fourth-order valence-electron chi connectivity index (χ4n) is 2.38. The number of hydrogen-bond acceptors (Lipinski definition) is 8. The van der Waals surface area contributed by atoms with E-state index in [0.29, 0.717) is 41.7 Å². The van der Waals surface area contributed by atoms with Gasteiger partial charge in [-0.1, -0.05) is 12.1 Å². The molecule has 1 aromatic carbocycles. The van der Waals surface area contributed by atoms with Crippen molar-refractivity contribution in [2.75, 3.05) is 50.4 Å². The zero-order chi connectivity index (χ0) is 18.2. The van der Waals surface area contributed by atoms with Crippen LogP contribution in [0.3, 0.4) is 0 Å². The lowest BCUT2D eigenvalue weighted by atomic mass is 10.1. The molecule has 0 aliphatic carbocycles. The fourth-order valence-corrected chi connectivity index (χ4v) is 2.38. The number of carbonyl (C=O) groups excluding carboxylic acids is 1. The first kappa shape index (κ1) is 18.5. The highest BCUT2D eigenvalue weighted by Crippen LogP contribution is 2.32. The lowest BCUT2D eigenvalue weighted by molar-refractivity contribution is 0.0601. The minimum absolute atomic E-state index is 0.405. The number of hydrogen-bond donors (Lipinski definition) is 2. The molecule has 0 amide bonds. The molecule has 25 heavy (non-hydrogen) atoms. The summed E-state index contributed by atoms with van der Waals surface area (Å²) in [7, 11) is 4.79. The maximum absolute atomic E-state index is 12.0. The first-order valence-corrected chi connectivity index (χ1v) is 7.84. The molecular formula is C17H23N5O3. The van der Waals surface area contributed by atoms with Crippen molar-refractivity contribution in [2.24, 2.45) is 0 Å². The fraction of sp³-hybridized carbons (Fsp3) is 0.353. The van der Waals surface area contributed by atoms with Crippen molar-refractivity contribution in [3.8, 4) is 0 Å². The Kier molecular flexibility index (Phi) is 6.53. The Morgan fingerprint density at radius 3 is 2.76 bits per heavy atom. The lowest BCUT2D eigenvalue weighted by Gasteiger charge is -2.22. The molecule has 3 N–H and O–H groups in total. The number of ether oxygens (including phenoxy) is 2. The van der Waals surface area contributed by atoms with Gasteiger partial charge in [0.15, 0.2) is 11.6 Å². The smallest absolute Gasteiger partial charge is 0.339 e. The van der Waals surface area contributed by atoms with Crippen LogP contribution in [0.15, 0.2) is 30.6 Å². The average Bonchev–Trinajstić information content (AvgIpc) is 2.65. The molecule has 0 saturated carbocycles. The number of methoxy groups -OCH3 is 2. The second kappa shape index (κ2) is 8.84. The standard InChI is InChI=1S/C17H23N5O3/c1-22(13-8-5-4-7-12(13)17(23)25-3)16-14(18)15(20-11-21-16)19-9-6-10-24-2/h4-5,7-8,11H,6,9-10,18H2,1-3H3,(H,19,20,21). The van der Waals surface area contributed by atoms with Gasteiger partial charge in [-0.25, -0.2) is 14.8 Å². The topological polar surface area (TPSA) is 103 Å². The summed E-state index contributed by atoms with van der Waals surface area (Å²) in [5, 5.41) is 3.17. The Hall–Kier alpha value is -2.87. The van der Waals surface area contributed by atoms with Gasteiger partial charge in [-0.3, -0.25) is 0 Å². The van der Waals surface area contributed by atoms with E-state index in [9.17, 15) is 4.79 Å². The molecule has 2 rings (SSSR count). The maximum atomic E-state index is 12.0. The molecule has 0 atom stereocenters. The van der Waals surface area contributed by atoms with Gasteiger partial charge in [-0.2, -0.15) is 0 Å². The van der Waals surface area contributed by atoms with Crippen LogP contribution in [0.4, 0.5) is 23.0 Å². The van der Waals surface area contributed by atoms with Crippen molar-refractivity contribution in [1.29, 1.82) is 0 Å². The van der Waals surface area contributed by atoms with E-state index < -0.39 is 5.97 Å². The SMILES string of the molecule is COCCCNc1ncnc(N(C)c2ccccc2C(=O)OC)c1N. The van der Waals surface area contributed by atoms with Crippen molar-refractivity contribution in [1.82, 2.24) is 9.97 Å². The third-order valence-electron chi connectivity index (χ3n) is 3.67. The molecule has 8 heteroatoms. The highest BCUT2D eigenvalue weighted by molar-refractivity contribution is 5.97. The Labute approximate surface area is 147 Å². The molecule has 0 bridgehead atoms. The summed E-state index contributed by atoms with van der Waals surface area (Å²) in [6.45, 7) is 1.33. The molecule has 8 nitrogen and oxygen atoms in total. The van der Waals surface area contributed by atoms with Crippen LogP contribution < -0.4 is 16.0 Å². The highest BCUT2D eigenvalue weighted by atomic mass is 16.5. The van der Waals surface area contributed by atoms with E-state index in [-0.39, 0.29) is 0 Å². The van der Waals surface area contributed by atoms with Crippen molar-refractivity contribution in [2.45, 2.75) is 6.42 Å². The van der Waals surface area contributed by atoms with Crippen molar-refractivity contribution >= 4 is 29.0 Å². The number of benzene rings is 1. The number of nitrogen functional groups attached to an aromatic ring is 1. The van der Waals surface area contributed by atoms with Crippen LogP contribution in [0.1, 0.15) is 16.8 Å². The van der Waals surface area contributed by atoms with Crippen LogP contribution in [0.25, 0.3) is 0 Å². The van der Waals surface area contributed by atoms with E-state index in [0.717, 1.165) is 6.42 Å². The number of esters is 1. The number of nitrogens with one attached hydrogen (secondary N) is 1. The van der Waals surface area contributed by atoms with Crippen LogP contribution >= 0.6 is 0 Å². The second-order valence-electron chi connectivity index (χ2n) is 5.30. The molecule has 134 valence electrons. The molecule has 0 aliphatic heterocycles. The van der Waals surface area contributed by atoms with E-state index in [1.807, 2.05) is 6.07 Å². The van der Waals surface area contributed by atoms with Gasteiger partial charge in [0, 0.05) is 27.3 Å². The summed E-state index contributed by atoms with van der Waals surface area (Å²) in [4.78, 5) is 22.2. The summed E-state index contributed by atoms with van der Waals surface area (Å²) >= 11 is 0. The number of aromatic nitrogens is 2. The monoisotopic (exact) mass is 345 g/mol. The molecule has 0 aliphatic rings. The third kappa shape index (κ3) is 4.36. The first-order chi connectivity index (χ1) is 12.1. The van der Waals surface area contributed by atoms with E-state index in [4.69, 9.17) is 15.2 Å². The van der Waals surface area contributed by atoms with E-state index in [1.54, 1.807) is 37.3 Å². The van der Waals surface area contributed by atoms with Gasteiger partial charge in [-0.05, 0) is 18.6 Å². The zero-order valence-electron chi connectivity index (χ0n) is 14.7. The lowest BCUT2D eigenvalue weighted by Crippen LogP contribution is -2.19. The molecule has 1 aromatic heterocycles. The summed E-state index contributed by atoms with van der Waals surface area (Å²) in [6.07, 6.45) is 2.26. The Balaban J connectivity index is 2.28. The van der Waals surface area contributed by atoms with Gasteiger partial charge in [0.1, 0.15) is 12.0 Å². The predicted octanol–water partition coefficient (Wildman–Crippen LogP) is 2.06. The van der Waals surface area contributed by atoms with Gasteiger partial charge < -0.3 is 25.4 Å². The van der Waals surface area contributed by atoms with E-state index in [1.165, 1.54) is 13.4 Å². The number of nitrogens with zero attached hydrogens (tertiary/aromatic N) is 3. The molecule has 0 spiro atoms. The van der Waals surface area contributed by atoms with Crippen LogP contribution in [0.5, 0.6) is 0 Å². The van der Waals surface area contributed by atoms with Gasteiger partial charge in [0.2, 0.25) is 0 Å². The molecule has 0 fully saturated rings. The van der Waals surface area contributed by atoms with Crippen molar-refractivity contribution < 1.29 is 14.3 Å². The largest absolute Gasteiger partial charge is 0.465 e. The van der Waals surface area contributed by atoms with Gasteiger partial charge in [0.05, 0.1) is 18.4 Å². The van der Waals surface area contributed by atoms with Crippen LogP contribution in [-0.4, -0.2) is 50.4 Å². The van der Waals surface area contributed by atoms with Gasteiger partial charge in [0.25, 0.3) is 0 Å². The Morgan fingerprint density at radius 1 is 1.28 bits per heavy atom. The van der Waals surface area contributed by atoms with Crippen molar-refractivity contribution in [3.05, 3.63) is 36.2 Å². The molecule has 2 aromatic rings. The predicted molar refractivity (Wildman–Crippen MR) is 97.3 cm³/mol. The third-order valence-corrected chi connectivity index (χ3v) is 3.67. The Bertz CT molecular complexity index is 723. The van der Waals surface area contributed by atoms with Crippen LogP contribution in [-0.2, 0) is 9.47 Å². The molecular weight excluding hydrogens is 322 g/mol. The average molecular weight is 345 g/mol. The normalized spacial score (nSPS) is 10.4. The number of para-hydroxylation sites is 1. The van der Waals surface area contributed by atoms with Crippen molar-refractivity contribution in [3.63, 3.8) is 0 Å². The van der Waals surface area contributed by atoms with E-state index in [2.05, 4.69) is 15.3 Å². The van der Waals surface area contributed by atoms with Crippen LogP contribution in [0, 0.1) is 0 Å². The second-order valence-corrected chi connectivity index (χ2v) is 5.30. The molecule has 0 radical (unpaired) electrons. The number of anilines is 4. The summed E-state index contributed by atoms with van der Waals surface area (Å²) in [6, 6.07) is 7.10. The molecule has 0 saturated heterocycles. The van der Waals surface area contributed by atoms with E-state index >= 15 is 0 Å². The molecule has 0 unspecified atom stereocenters. The van der Waals surface area contributed by atoms with Gasteiger partial charge >= 0.3 is 5.97 Å². The number of nitrogens with two attached hydrogens (primary N) is 1. The highest BCUT2D eigenvalue weighted by Gasteiger charge is 2.19. The minimum Gasteiger partial charge on any atom is -0.465 e. The quantitative estimate of drug-likeness (QED) is 0.554. The summed E-state index contributed by atoms with van der Waals surface area (Å²) in [5.74, 6) is 0.622. The zero-order valence-corrected chi connectivity index (χ0v) is 14.7. The Morgan fingerprint density at radius 2 is 2.04 bits per heavy atom. The first-order valence-electron chi connectivity index (χ1n) is 7.84. The maximum Gasteiger partial charge on any atom is 0.339 e. The van der Waals surface area contributed by atoms with Gasteiger partial charge in [-0.15, -0.1) is 0 Å². The van der Waals surface area contributed by atoms with Crippen LogP contribution in [0.2, 0.25) is 0 Å². The summed E-state index contributed by atoms with van der Waals surface area (Å²) < 4.78 is 9.86.